The van der Waals surface area contributed by atoms with Gasteiger partial charge in [0.05, 0.1) is 12.7 Å². The largest absolute Gasteiger partial charge is 0.465 e. The van der Waals surface area contributed by atoms with Crippen molar-refractivity contribution in [3.05, 3.63) is 28.2 Å². The predicted molar refractivity (Wildman–Crippen MR) is 73.6 cm³/mol. The molecule has 0 atom stereocenters. The summed E-state index contributed by atoms with van der Waals surface area (Å²) in [5, 5.41) is 9.11. The highest BCUT2D eigenvalue weighted by atomic mass is 79.9. The first-order valence-corrected chi connectivity index (χ1v) is 6.51. The number of carbonyl (C=O) groups excluding carboxylic acids is 1. The average Bonchev–Trinajstić information content (AvgIpc) is 2.86. The SMILES string of the molecule is COC(=O)c1ccc(Br)c(N2CCCB2C#N)c1. The topological polar surface area (TPSA) is 53.3 Å². The maximum absolute atomic E-state index is 11.5. The lowest BCUT2D eigenvalue weighted by Crippen LogP contribution is -2.32. The van der Waals surface area contributed by atoms with Gasteiger partial charge in [-0.15, -0.1) is 0 Å². The molecule has 1 fully saturated rings. The van der Waals surface area contributed by atoms with Crippen molar-refractivity contribution in [2.75, 3.05) is 18.5 Å². The van der Waals surface area contributed by atoms with Crippen LogP contribution in [-0.4, -0.2) is 26.5 Å². The fourth-order valence-corrected chi connectivity index (χ4v) is 2.64. The molecule has 1 saturated heterocycles. The Morgan fingerprint density at radius 3 is 3.06 bits per heavy atom. The van der Waals surface area contributed by atoms with Crippen LogP contribution in [0.4, 0.5) is 5.69 Å². The molecule has 1 aromatic carbocycles. The highest BCUT2D eigenvalue weighted by Gasteiger charge is 2.31. The number of nitrogens with zero attached hydrogens (tertiary/aromatic N) is 2. The molecular formula is C12H12BBrN2O2. The second-order valence-electron chi connectivity index (χ2n) is 4.14. The van der Waals surface area contributed by atoms with Crippen molar-refractivity contribution in [1.82, 2.24) is 0 Å². The van der Waals surface area contributed by atoms with E-state index >= 15 is 0 Å². The van der Waals surface area contributed by atoms with Gasteiger partial charge in [-0.05, 0) is 46.9 Å². The summed E-state index contributed by atoms with van der Waals surface area (Å²) in [7, 11) is 1.36. The molecule has 92 valence electrons. The summed E-state index contributed by atoms with van der Waals surface area (Å²) in [6, 6.07) is 5.29. The van der Waals surface area contributed by atoms with Crippen LogP contribution in [0.1, 0.15) is 16.8 Å². The zero-order valence-electron chi connectivity index (χ0n) is 10.0. The molecular weight excluding hydrogens is 295 g/mol. The fourth-order valence-electron chi connectivity index (χ4n) is 2.17. The summed E-state index contributed by atoms with van der Waals surface area (Å²) in [5.41, 5.74) is 1.38. The van der Waals surface area contributed by atoms with Crippen LogP contribution in [0.15, 0.2) is 22.7 Å². The van der Waals surface area contributed by atoms with E-state index in [4.69, 9.17) is 10.00 Å². The van der Waals surface area contributed by atoms with E-state index in [1.165, 1.54) is 7.11 Å². The van der Waals surface area contributed by atoms with Crippen molar-refractivity contribution < 1.29 is 9.53 Å². The van der Waals surface area contributed by atoms with Crippen LogP contribution in [0.5, 0.6) is 0 Å². The van der Waals surface area contributed by atoms with Gasteiger partial charge < -0.3 is 9.55 Å². The van der Waals surface area contributed by atoms with Crippen LogP contribution in [0, 0.1) is 11.2 Å². The third kappa shape index (κ3) is 2.36. The fraction of sp³-hybridized carbons (Fsp3) is 0.333. The Balaban J connectivity index is 2.38. The quantitative estimate of drug-likeness (QED) is 0.622. The molecule has 1 aromatic rings. The van der Waals surface area contributed by atoms with Gasteiger partial charge in [-0.2, -0.15) is 0 Å². The summed E-state index contributed by atoms with van der Waals surface area (Å²) >= 11 is 3.46. The highest BCUT2D eigenvalue weighted by Crippen LogP contribution is 2.32. The zero-order valence-corrected chi connectivity index (χ0v) is 11.6. The van der Waals surface area contributed by atoms with Crippen molar-refractivity contribution >= 4 is 34.4 Å². The van der Waals surface area contributed by atoms with E-state index < -0.39 is 0 Å². The highest BCUT2D eigenvalue weighted by molar-refractivity contribution is 9.10. The van der Waals surface area contributed by atoms with Gasteiger partial charge in [-0.1, -0.05) is 0 Å². The second kappa shape index (κ2) is 5.45. The van der Waals surface area contributed by atoms with Gasteiger partial charge in [0.25, 0.3) is 0 Å². The number of hydrogen-bond acceptors (Lipinski definition) is 4. The van der Waals surface area contributed by atoms with E-state index in [-0.39, 0.29) is 12.8 Å². The van der Waals surface area contributed by atoms with Gasteiger partial charge in [-0.3, -0.25) is 0 Å². The van der Waals surface area contributed by atoms with Crippen molar-refractivity contribution in [3.8, 4) is 5.97 Å². The minimum atomic E-state index is -0.364. The lowest BCUT2D eigenvalue weighted by molar-refractivity contribution is 0.0601. The molecule has 18 heavy (non-hydrogen) atoms. The smallest absolute Gasteiger partial charge is 0.378 e. The maximum atomic E-state index is 11.5. The van der Waals surface area contributed by atoms with Crippen molar-refractivity contribution in [3.63, 3.8) is 0 Å². The molecule has 0 aliphatic carbocycles. The van der Waals surface area contributed by atoms with E-state index in [9.17, 15) is 4.79 Å². The minimum Gasteiger partial charge on any atom is -0.465 e. The third-order valence-corrected chi connectivity index (χ3v) is 3.75. The number of nitriles is 1. The molecule has 0 saturated carbocycles. The summed E-state index contributed by atoms with van der Waals surface area (Å²) in [4.78, 5) is 13.5. The first kappa shape index (κ1) is 13.0. The molecule has 6 heteroatoms. The number of methoxy groups -OCH3 is 1. The van der Waals surface area contributed by atoms with Crippen LogP contribution >= 0.6 is 15.9 Å². The molecule has 1 aliphatic rings. The number of carbonyl (C=O) groups is 1. The summed E-state index contributed by atoms with van der Waals surface area (Å²) < 4.78 is 5.60. The number of esters is 1. The minimum absolute atomic E-state index is 0.116. The van der Waals surface area contributed by atoms with Crippen molar-refractivity contribution in [1.29, 1.82) is 5.26 Å². The van der Waals surface area contributed by atoms with E-state index in [0.717, 1.165) is 29.4 Å². The molecule has 2 rings (SSSR count). The Morgan fingerprint density at radius 1 is 1.61 bits per heavy atom. The molecule has 4 nitrogen and oxygen atoms in total. The molecule has 0 N–H and O–H groups in total. The van der Waals surface area contributed by atoms with Gasteiger partial charge in [0.1, 0.15) is 0 Å². The summed E-state index contributed by atoms with van der Waals surface area (Å²) in [6.07, 6.45) is 1.86. The number of hydrogen-bond donors (Lipinski definition) is 0. The van der Waals surface area contributed by atoms with Gasteiger partial charge in [0.15, 0.2) is 0 Å². The van der Waals surface area contributed by atoms with Gasteiger partial charge in [0.2, 0.25) is 0 Å². The van der Waals surface area contributed by atoms with Crippen LogP contribution in [0.3, 0.4) is 0 Å². The Kier molecular flexibility index (Phi) is 3.92. The van der Waals surface area contributed by atoms with E-state index in [2.05, 4.69) is 21.9 Å². The number of anilines is 1. The molecule has 0 spiro atoms. The van der Waals surface area contributed by atoms with Crippen LogP contribution < -0.4 is 4.81 Å². The van der Waals surface area contributed by atoms with Gasteiger partial charge in [-0.25, -0.2) is 10.1 Å². The average molecular weight is 307 g/mol. The van der Waals surface area contributed by atoms with E-state index in [1.807, 2.05) is 10.9 Å². The normalized spacial score (nSPS) is 14.5. The Morgan fingerprint density at radius 2 is 2.39 bits per heavy atom. The summed E-state index contributed by atoms with van der Waals surface area (Å²) in [5.74, 6) is 1.93. The number of ether oxygens (including phenoxy) is 1. The van der Waals surface area contributed by atoms with Gasteiger partial charge in [0, 0.05) is 22.7 Å². The first-order chi connectivity index (χ1) is 8.67. The van der Waals surface area contributed by atoms with Gasteiger partial charge >= 0.3 is 12.8 Å². The molecule has 0 unspecified atom stereocenters. The summed E-state index contributed by atoms with van der Waals surface area (Å²) in [6.45, 7) is 0.718. The lowest BCUT2D eigenvalue weighted by Gasteiger charge is -2.22. The Hall–Kier alpha value is -1.48. The lowest BCUT2D eigenvalue weighted by atomic mass is 9.61. The van der Waals surface area contributed by atoms with Crippen molar-refractivity contribution in [2.24, 2.45) is 0 Å². The Bertz CT molecular complexity index is 515. The van der Waals surface area contributed by atoms with Crippen molar-refractivity contribution in [2.45, 2.75) is 12.7 Å². The number of halogens is 1. The number of benzene rings is 1. The monoisotopic (exact) mass is 306 g/mol. The van der Waals surface area contributed by atoms with E-state index in [0.29, 0.717) is 5.56 Å². The number of rotatable bonds is 2. The molecule has 0 radical (unpaired) electrons. The molecule has 0 amide bonds. The molecule has 1 heterocycles. The Labute approximate surface area is 115 Å². The first-order valence-electron chi connectivity index (χ1n) is 5.71. The zero-order chi connectivity index (χ0) is 13.1. The van der Waals surface area contributed by atoms with E-state index in [1.54, 1.807) is 12.1 Å². The standard InChI is InChI=1S/C12H12BBrN2O2/c1-18-12(17)9-3-4-10(14)11(7-9)16-6-2-5-13(16)8-15/h3-4,7H,2,5-6H2,1H3. The van der Waals surface area contributed by atoms with Crippen LogP contribution in [-0.2, 0) is 4.74 Å². The molecule has 0 aromatic heterocycles. The molecule has 0 bridgehead atoms. The van der Waals surface area contributed by atoms with Crippen LogP contribution in [0.25, 0.3) is 0 Å². The molecule has 1 aliphatic heterocycles. The maximum Gasteiger partial charge on any atom is 0.378 e. The predicted octanol–water partition coefficient (Wildman–Crippen LogP) is 2.50. The second-order valence-corrected chi connectivity index (χ2v) is 4.99. The third-order valence-electron chi connectivity index (χ3n) is 3.08. The van der Waals surface area contributed by atoms with Crippen LogP contribution in [0.2, 0.25) is 6.32 Å².